The van der Waals surface area contributed by atoms with Gasteiger partial charge in [0.25, 0.3) is 10.0 Å². The minimum Gasteiger partial charge on any atom is -0.496 e. The molecule has 1 N–H and O–H groups in total. The number of ether oxygens (including phenoxy) is 1. The van der Waals surface area contributed by atoms with Gasteiger partial charge in [-0.1, -0.05) is 24.3 Å². The summed E-state index contributed by atoms with van der Waals surface area (Å²) in [7, 11) is -2.12. The highest BCUT2D eigenvalue weighted by Gasteiger charge is 2.19. The maximum atomic E-state index is 12.7. The Hall–Kier alpha value is -1.80. The summed E-state index contributed by atoms with van der Waals surface area (Å²) in [5.41, 5.74) is 0.533. The topological polar surface area (TPSA) is 55.4 Å². The number of hydrogen-bond donors (Lipinski definition) is 1. The molecule has 0 spiro atoms. The lowest BCUT2D eigenvalue weighted by Gasteiger charge is -2.12. The van der Waals surface area contributed by atoms with Gasteiger partial charge in [0.2, 0.25) is 0 Å². The number of benzene rings is 3. The number of methoxy groups -OCH3 is 1. The van der Waals surface area contributed by atoms with Crippen molar-refractivity contribution < 1.29 is 13.2 Å². The molecule has 0 aliphatic heterocycles. The Morgan fingerprint density at radius 3 is 2.22 bits per heavy atom. The van der Waals surface area contributed by atoms with Gasteiger partial charge < -0.3 is 4.74 Å². The fourth-order valence-corrected chi connectivity index (χ4v) is 4.01. The third kappa shape index (κ3) is 3.28. The van der Waals surface area contributed by atoms with E-state index < -0.39 is 10.0 Å². The van der Waals surface area contributed by atoms with Crippen molar-refractivity contribution in [2.75, 3.05) is 11.8 Å². The SMILES string of the molecule is COc1ccc(S(=O)(=O)Nc2ccc(I)cc2)c2ccccc12. The molecular formula is C17H14INO3S. The molecule has 0 radical (unpaired) electrons. The Kier molecular flexibility index (Phi) is 4.45. The lowest BCUT2D eigenvalue weighted by atomic mass is 10.1. The highest BCUT2D eigenvalue weighted by atomic mass is 127. The van der Waals surface area contributed by atoms with Crippen LogP contribution in [-0.4, -0.2) is 15.5 Å². The van der Waals surface area contributed by atoms with Crippen molar-refractivity contribution in [3.63, 3.8) is 0 Å². The van der Waals surface area contributed by atoms with Crippen LogP contribution >= 0.6 is 22.6 Å². The molecule has 0 fully saturated rings. The summed E-state index contributed by atoms with van der Waals surface area (Å²) in [5.74, 6) is 0.647. The summed E-state index contributed by atoms with van der Waals surface area (Å²) in [6.07, 6.45) is 0. The van der Waals surface area contributed by atoms with Crippen LogP contribution in [0.2, 0.25) is 0 Å². The van der Waals surface area contributed by atoms with Gasteiger partial charge in [0.05, 0.1) is 12.0 Å². The van der Waals surface area contributed by atoms with Crippen molar-refractivity contribution in [2.24, 2.45) is 0 Å². The van der Waals surface area contributed by atoms with E-state index in [1.165, 1.54) is 0 Å². The molecule has 0 bridgehead atoms. The van der Waals surface area contributed by atoms with E-state index in [0.29, 0.717) is 16.8 Å². The number of nitrogens with one attached hydrogen (secondary N) is 1. The second kappa shape index (κ2) is 6.37. The Balaban J connectivity index is 2.10. The number of halogens is 1. The normalized spacial score (nSPS) is 11.4. The average molecular weight is 439 g/mol. The van der Waals surface area contributed by atoms with Gasteiger partial charge in [-0.15, -0.1) is 0 Å². The predicted octanol–water partition coefficient (Wildman–Crippen LogP) is 4.25. The molecule has 118 valence electrons. The molecule has 0 heterocycles. The van der Waals surface area contributed by atoms with Crippen LogP contribution in [0.15, 0.2) is 65.6 Å². The zero-order chi connectivity index (χ0) is 16.4. The second-order valence-electron chi connectivity index (χ2n) is 4.92. The molecule has 0 unspecified atom stereocenters. The average Bonchev–Trinajstić information content (AvgIpc) is 2.55. The fourth-order valence-electron chi connectivity index (χ4n) is 2.38. The van der Waals surface area contributed by atoms with E-state index in [9.17, 15) is 8.42 Å². The summed E-state index contributed by atoms with van der Waals surface area (Å²) >= 11 is 2.17. The molecule has 0 aromatic heterocycles. The zero-order valence-corrected chi connectivity index (χ0v) is 15.3. The first-order valence-corrected chi connectivity index (χ1v) is 9.41. The minimum atomic E-state index is -3.69. The molecular weight excluding hydrogens is 425 g/mol. The van der Waals surface area contributed by atoms with E-state index in [4.69, 9.17) is 4.74 Å². The molecule has 0 saturated carbocycles. The van der Waals surface area contributed by atoms with E-state index in [2.05, 4.69) is 27.3 Å². The Bertz CT molecular complexity index is 953. The zero-order valence-electron chi connectivity index (χ0n) is 12.3. The van der Waals surface area contributed by atoms with Crippen molar-refractivity contribution in [1.29, 1.82) is 0 Å². The van der Waals surface area contributed by atoms with Crippen LogP contribution in [0.3, 0.4) is 0 Å². The molecule has 6 heteroatoms. The smallest absolute Gasteiger partial charge is 0.262 e. The third-order valence-corrected chi connectivity index (χ3v) is 5.61. The third-order valence-electron chi connectivity index (χ3n) is 3.45. The summed E-state index contributed by atoms with van der Waals surface area (Å²) in [4.78, 5) is 0.229. The van der Waals surface area contributed by atoms with Crippen molar-refractivity contribution in [2.45, 2.75) is 4.90 Å². The van der Waals surface area contributed by atoms with Crippen LogP contribution in [0.4, 0.5) is 5.69 Å². The van der Waals surface area contributed by atoms with Crippen LogP contribution < -0.4 is 9.46 Å². The summed E-state index contributed by atoms with van der Waals surface area (Å²) < 4.78 is 34.5. The summed E-state index contributed by atoms with van der Waals surface area (Å²) in [6, 6.07) is 17.7. The molecule has 3 aromatic carbocycles. The van der Waals surface area contributed by atoms with E-state index >= 15 is 0 Å². The highest BCUT2D eigenvalue weighted by Crippen LogP contribution is 2.31. The molecule has 0 aliphatic carbocycles. The Morgan fingerprint density at radius 1 is 0.913 bits per heavy atom. The van der Waals surface area contributed by atoms with E-state index in [1.807, 2.05) is 30.3 Å². The van der Waals surface area contributed by atoms with Gasteiger partial charge in [-0.05, 0) is 59.0 Å². The van der Waals surface area contributed by atoms with Gasteiger partial charge in [0, 0.05) is 20.0 Å². The van der Waals surface area contributed by atoms with Gasteiger partial charge in [0.15, 0.2) is 0 Å². The Morgan fingerprint density at radius 2 is 1.57 bits per heavy atom. The van der Waals surface area contributed by atoms with Gasteiger partial charge in [-0.3, -0.25) is 4.72 Å². The second-order valence-corrected chi connectivity index (χ2v) is 7.82. The summed E-state index contributed by atoms with van der Waals surface area (Å²) in [6.45, 7) is 0. The first-order valence-electron chi connectivity index (χ1n) is 6.85. The number of rotatable bonds is 4. The quantitative estimate of drug-likeness (QED) is 0.619. The van der Waals surface area contributed by atoms with Gasteiger partial charge >= 0.3 is 0 Å². The van der Waals surface area contributed by atoms with Crippen molar-refractivity contribution in [3.05, 3.63) is 64.2 Å². The van der Waals surface area contributed by atoms with E-state index in [-0.39, 0.29) is 4.90 Å². The lowest BCUT2D eigenvalue weighted by molar-refractivity contribution is 0.419. The largest absolute Gasteiger partial charge is 0.496 e. The van der Waals surface area contributed by atoms with E-state index in [1.54, 1.807) is 37.4 Å². The molecule has 0 amide bonds. The Labute approximate surface area is 148 Å². The lowest BCUT2D eigenvalue weighted by Crippen LogP contribution is -2.13. The molecule has 23 heavy (non-hydrogen) atoms. The van der Waals surface area contributed by atoms with Gasteiger partial charge in [-0.25, -0.2) is 8.42 Å². The van der Waals surface area contributed by atoms with Crippen LogP contribution in [0, 0.1) is 3.57 Å². The molecule has 0 atom stereocenters. The van der Waals surface area contributed by atoms with Crippen LogP contribution in [0.1, 0.15) is 0 Å². The standard InChI is InChI=1S/C17H14INO3S/c1-22-16-10-11-17(15-5-3-2-4-14(15)16)23(20,21)19-13-8-6-12(18)7-9-13/h2-11,19H,1H3. The number of sulfonamides is 1. The van der Waals surface area contributed by atoms with Crippen molar-refractivity contribution >= 4 is 49.1 Å². The molecule has 0 aliphatic rings. The first kappa shape index (κ1) is 16.1. The first-order chi connectivity index (χ1) is 11.0. The highest BCUT2D eigenvalue weighted by molar-refractivity contribution is 14.1. The maximum Gasteiger partial charge on any atom is 0.262 e. The molecule has 0 saturated heterocycles. The predicted molar refractivity (Wildman–Crippen MR) is 100 cm³/mol. The molecule has 3 aromatic rings. The minimum absolute atomic E-state index is 0.229. The van der Waals surface area contributed by atoms with Crippen LogP contribution in [-0.2, 0) is 10.0 Å². The maximum absolute atomic E-state index is 12.7. The number of hydrogen-bond acceptors (Lipinski definition) is 3. The van der Waals surface area contributed by atoms with Crippen molar-refractivity contribution in [3.8, 4) is 5.75 Å². The van der Waals surface area contributed by atoms with Crippen molar-refractivity contribution in [1.82, 2.24) is 0 Å². The van der Waals surface area contributed by atoms with Crippen LogP contribution in [0.25, 0.3) is 10.8 Å². The fraction of sp³-hybridized carbons (Fsp3) is 0.0588. The molecule has 4 nitrogen and oxygen atoms in total. The molecule has 3 rings (SSSR count). The number of fused-ring (bicyclic) bond motifs is 1. The van der Waals surface area contributed by atoms with Gasteiger partial charge in [0.1, 0.15) is 5.75 Å². The monoisotopic (exact) mass is 439 g/mol. The van der Waals surface area contributed by atoms with Gasteiger partial charge in [-0.2, -0.15) is 0 Å². The summed E-state index contributed by atoms with van der Waals surface area (Å²) in [5, 5.41) is 1.39. The number of anilines is 1. The van der Waals surface area contributed by atoms with Crippen LogP contribution in [0.5, 0.6) is 5.75 Å². The van der Waals surface area contributed by atoms with E-state index in [0.717, 1.165) is 8.96 Å².